The predicted octanol–water partition coefficient (Wildman–Crippen LogP) is 2.86. The largest absolute Gasteiger partial charge is 0.493 e. The molecule has 2 rings (SSSR count). The van der Waals surface area contributed by atoms with Gasteiger partial charge in [0.25, 0.3) is 5.91 Å². The van der Waals surface area contributed by atoms with Crippen molar-refractivity contribution < 1.29 is 19.6 Å². The molecule has 0 unspecified atom stereocenters. The average Bonchev–Trinajstić information content (AvgIpc) is 3.08. The second-order valence-corrected chi connectivity index (χ2v) is 8.40. The van der Waals surface area contributed by atoms with E-state index in [1.54, 1.807) is 25.6 Å². The first-order valence-corrected chi connectivity index (χ1v) is 10.7. The maximum atomic E-state index is 12.9. The van der Waals surface area contributed by atoms with Crippen LogP contribution in [-0.2, 0) is 17.8 Å². The molecule has 0 saturated carbocycles. The lowest BCUT2D eigenvalue weighted by atomic mass is 10.1. The third-order valence-corrected chi connectivity index (χ3v) is 5.74. The zero-order valence-corrected chi connectivity index (χ0v) is 18.5. The molecule has 6 heteroatoms. The topological polar surface area (TPSA) is 55.4 Å². The predicted molar refractivity (Wildman–Crippen MR) is 114 cm³/mol. The number of nitrogens with zero attached hydrogens (tertiary/aromatic N) is 1. The van der Waals surface area contributed by atoms with Gasteiger partial charge in [-0.25, -0.2) is 0 Å². The van der Waals surface area contributed by atoms with E-state index in [9.17, 15) is 4.79 Å². The van der Waals surface area contributed by atoms with Crippen LogP contribution in [0.25, 0.3) is 0 Å². The Morgan fingerprint density at radius 1 is 1.18 bits per heavy atom. The van der Waals surface area contributed by atoms with E-state index < -0.39 is 0 Å². The van der Waals surface area contributed by atoms with E-state index in [0.717, 1.165) is 30.0 Å². The maximum absolute atomic E-state index is 12.9. The van der Waals surface area contributed by atoms with Gasteiger partial charge in [-0.3, -0.25) is 4.79 Å². The number of nitrogens with two attached hydrogens (primary N) is 1. The van der Waals surface area contributed by atoms with Gasteiger partial charge in [-0.15, -0.1) is 11.3 Å². The van der Waals surface area contributed by atoms with E-state index in [2.05, 4.69) is 37.5 Å². The van der Waals surface area contributed by atoms with Crippen LogP contribution in [0.5, 0.6) is 11.5 Å². The van der Waals surface area contributed by atoms with Crippen molar-refractivity contribution in [2.75, 3.05) is 33.9 Å². The summed E-state index contributed by atoms with van der Waals surface area (Å²) in [5.41, 5.74) is 2.38. The summed E-state index contributed by atoms with van der Waals surface area (Å²) in [6.07, 6.45) is 0.778. The summed E-state index contributed by atoms with van der Waals surface area (Å²) in [5.74, 6) is 2.20. The summed E-state index contributed by atoms with van der Waals surface area (Å²) in [5, 5.41) is 4.20. The molecule has 1 heterocycles. The molecule has 0 radical (unpaired) electrons. The smallest absolute Gasteiger partial charge is 0.278 e. The minimum atomic E-state index is 0.189. The molecule has 28 heavy (non-hydrogen) atoms. The van der Waals surface area contributed by atoms with Gasteiger partial charge >= 0.3 is 0 Å². The second kappa shape index (κ2) is 11.1. The Labute approximate surface area is 172 Å². The molecule has 2 N–H and O–H groups in total. The number of carbonyl (C=O) groups excluding carboxylic acids is 1. The molecule has 154 valence electrons. The van der Waals surface area contributed by atoms with Gasteiger partial charge in [0.2, 0.25) is 0 Å². The fourth-order valence-corrected chi connectivity index (χ4v) is 3.92. The number of hydrogen-bond donors (Lipinski definition) is 1. The number of benzene rings is 1. The number of quaternary nitrogens is 1. The number of thiophene rings is 1. The van der Waals surface area contributed by atoms with E-state index in [4.69, 9.17) is 9.47 Å². The SMILES string of the molecule is COc1ccc(CCN(Cc2sccc2C)C(=O)C[NH2+]CC(C)C)cc1OC. The minimum absolute atomic E-state index is 0.189. The summed E-state index contributed by atoms with van der Waals surface area (Å²) in [6, 6.07) is 8.05. The Hall–Kier alpha value is -2.05. The van der Waals surface area contributed by atoms with Gasteiger partial charge in [-0.2, -0.15) is 0 Å². The van der Waals surface area contributed by atoms with E-state index in [1.807, 2.05) is 23.1 Å². The highest BCUT2D eigenvalue weighted by molar-refractivity contribution is 7.10. The van der Waals surface area contributed by atoms with Gasteiger partial charge in [0.15, 0.2) is 18.0 Å². The van der Waals surface area contributed by atoms with E-state index in [0.29, 0.717) is 25.6 Å². The number of carbonyl (C=O) groups is 1. The van der Waals surface area contributed by atoms with Gasteiger partial charge < -0.3 is 19.7 Å². The first-order chi connectivity index (χ1) is 13.4. The van der Waals surface area contributed by atoms with Gasteiger partial charge in [-0.05, 0) is 48.1 Å². The third-order valence-electron chi connectivity index (χ3n) is 4.73. The van der Waals surface area contributed by atoms with Gasteiger partial charge in [0.05, 0.1) is 27.3 Å². The fraction of sp³-hybridized carbons (Fsp3) is 0.500. The molecule has 0 aliphatic rings. The summed E-state index contributed by atoms with van der Waals surface area (Å²) in [6.45, 7) is 9.26. The van der Waals surface area contributed by atoms with Crippen LogP contribution in [0.15, 0.2) is 29.6 Å². The monoisotopic (exact) mass is 405 g/mol. The molecule has 0 fully saturated rings. The Bertz CT molecular complexity index is 758. The summed E-state index contributed by atoms with van der Waals surface area (Å²) in [7, 11) is 3.27. The Balaban J connectivity index is 2.06. The molecule has 1 aromatic carbocycles. The Morgan fingerprint density at radius 3 is 2.54 bits per heavy atom. The molecule has 0 aliphatic heterocycles. The van der Waals surface area contributed by atoms with Gasteiger partial charge in [0, 0.05) is 17.3 Å². The summed E-state index contributed by atoms with van der Waals surface area (Å²) >= 11 is 1.72. The van der Waals surface area contributed by atoms with Crippen molar-refractivity contribution in [2.45, 2.75) is 33.7 Å². The van der Waals surface area contributed by atoms with Crippen molar-refractivity contribution in [1.82, 2.24) is 4.90 Å². The van der Waals surface area contributed by atoms with Gasteiger partial charge in [-0.1, -0.05) is 19.9 Å². The number of amides is 1. The molecule has 1 aromatic heterocycles. The number of hydrogen-bond acceptors (Lipinski definition) is 4. The Morgan fingerprint density at radius 2 is 1.93 bits per heavy atom. The maximum Gasteiger partial charge on any atom is 0.278 e. The lowest BCUT2D eigenvalue weighted by Crippen LogP contribution is -2.87. The van der Waals surface area contributed by atoms with Crippen LogP contribution >= 0.6 is 11.3 Å². The zero-order valence-electron chi connectivity index (χ0n) is 17.7. The van der Waals surface area contributed by atoms with Crippen LogP contribution in [0, 0.1) is 12.8 Å². The second-order valence-electron chi connectivity index (χ2n) is 7.40. The van der Waals surface area contributed by atoms with Crippen LogP contribution in [0.1, 0.15) is 29.9 Å². The summed E-state index contributed by atoms with van der Waals surface area (Å²) < 4.78 is 10.7. The lowest BCUT2D eigenvalue weighted by molar-refractivity contribution is -0.649. The van der Waals surface area contributed by atoms with Crippen molar-refractivity contribution >= 4 is 17.2 Å². The number of aryl methyl sites for hydroxylation is 1. The van der Waals surface area contributed by atoms with Crippen LogP contribution in [0.2, 0.25) is 0 Å². The molecular formula is C22H33N2O3S+. The highest BCUT2D eigenvalue weighted by Gasteiger charge is 2.18. The van der Waals surface area contributed by atoms with Crippen molar-refractivity contribution in [3.8, 4) is 11.5 Å². The van der Waals surface area contributed by atoms with Gasteiger partial charge in [0.1, 0.15) is 0 Å². The molecule has 0 atom stereocenters. The number of ether oxygens (including phenoxy) is 2. The van der Waals surface area contributed by atoms with Crippen molar-refractivity contribution in [2.24, 2.45) is 5.92 Å². The quantitative estimate of drug-likeness (QED) is 0.625. The van der Waals surface area contributed by atoms with E-state index in [-0.39, 0.29) is 5.91 Å². The van der Waals surface area contributed by atoms with Crippen LogP contribution in [0.4, 0.5) is 0 Å². The van der Waals surface area contributed by atoms with E-state index in [1.165, 1.54) is 10.4 Å². The van der Waals surface area contributed by atoms with Crippen molar-refractivity contribution in [1.29, 1.82) is 0 Å². The highest BCUT2D eigenvalue weighted by atomic mass is 32.1. The average molecular weight is 406 g/mol. The Kier molecular flexibility index (Phi) is 8.80. The molecule has 2 aromatic rings. The standard InChI is InChI=1S/C22H32N2O3S/c1-16(2)13-23-14-22(25)24(15-21-17(3)9-11-28-21)10-8-18-6-7-19(26-4)20(12-18)27-5/h6-7,9,11-12,16,23H,8,10,13-15H2,1-5H3/p+1. The molecule has 0 saturated heterocycles. The summed E-state index contributed by atoms with van der Waals surface area (Å²) in [4.78, 5) is 16.1. The molecule has 0 spiro atoms. The first-order valence-electron chi connectivity index (χ1n) is 9.77. The normalized spacial score (nSPS) is 10.9. The molecular weight excluding hydrogens is 372 g/mol. The van der Waals surface area contributed by atoms with Crippen molar-refractivity contribution in [3.63, 3.8) is 0 Å². The van der Waals surface area contributed by atoms with Crippen LogP contribution < -0.4 is 14.8 Å². The number of rotatable bonds is 11. The molecule has 5 nitrogen and oxygen atoms in total. The van der Waals surface area contributed by atoms with Crippen molar-refractivity contribution in [3.05, 3.63) is 45.6 Å². The fourth-order valence-electron chi connectivity index (χ4n) is 3.00. The number of methoxy groups -OCH3 is 2. The minimum Gasteiger partial charge on any atom is -0.493 e. The lowest BCUT2D eigenvalue weighted by Gasteiger charge is -2.22. The van der Waals surface area contributed by atoms with Crippen LogP contribution in [0.3, 0.4) is 0 Å². The molecule has 0 aliphatic carbocycles. The highest BCUT2D eigenvalue weighted by Crippen LogP contribution is 2.28. The first kappa shape index (κ1) is 22.2. The molecule has 1 amide bonds. The van der Waals surface area contributed by atoms with Crippen LogP contribution in [-0.4, -0.2) is 44.7 Å². The third kappa shape index (κ3) is 6.53. The van der Waals surface area contributed by atoms with E-state index >= 15 is 0 Å². The zero-order chi connectivity index (χ0) is 20.5. The molecule has 0 bridgehead atoms.